The van der Waals surface area contributed by atoms with Crippen molar-refractivity contribution in [3.05, 3.63) is 0 Å². The average molecular weight is 236 g/mol. The lowest BCUT2D eigenvalue weighted by Gasteiger charge is -2.42. The first kappa shape index (κ1) is 12.0. The number of hydrogen-bond acceptors (Lipinski definition) is 2. The number of nitrogens with zero attached hydrogens (tertiary/aromatic N) is 1. The molecule has 3 rings (SSSR count). The molecule has 3 aliphatic rings. The third-order valence-electron chi connectivity index (χ3n) is 5.38. The van der Waals surface area contributed by atoms with Crippen LogP contribution in [0.2, 0.25) is 0 Å². The topological polar surface area (TPSA) is 15.3 Å². The Labute approximate surface area is 106 Å². The Kier molecular flexibility index (Phi) is 3.72. The van der Waals surface area contributed by atoms with Gasteiger partial charge in [-0.25, -0.2) is 0 Å². The fraction of sp³-hybridized carbons (Fsp3) is 1.00. The van der Waals surface area contributed by atoms with Crippen LogP contribution >= 0.6 is 0 Å². The maximum Gasteiger partial charge on any atom is 0.00381 e. The summed E-state index contributed by atoms with van der Waals surface area (Å²) in [7, 11) is 0. The van der Waals surface area contributed by atoms with E-state index in [1.807, 2.05) is 0 Å². The van der Waals surface area contributed by atoms with Gasteiger partial charge in [-0.1, -0.05) is 12.8 Å². The van der Waals surface area contributed by atoms with Crippen LogP contribution in [0, 0.1) is 11.3 Å². The first-order chi connectivity index (χ1) is 8.36. The Morgan fingerprint density at radius 2 is 1.71 bits per heavy atom. The monoisotopic (exact) mass is 236 g/mol. The second-order valence-corrected chi connectivity index (χ2v) is 6.74. The zero-order valence-electron chi connectivity index (χ0n) is 11.2. The molecule has 1 aliphatic carbocycles. The molecule has 1 spiro atoms. The van der Waals surface area contributed by atoms with Crippen molar-refractivity contribution in [3.8, 4) is 0 Å². The average Bonchev–Trinajstić information content (AvgIpc) is 2.79. The second-order valence-electron chi connectivity index (χ2n) is 6.74. The van der Waals surface area contributed by atoms with Crippen LogP contribution in [0.4, 0.5) is 0 Å². The summed E-state index contributed by atoms with van der Waals surface area (Å²) in [6.45, 7) is 6.71. The van der Waals surface area contributed by atoms with Crippen LogP contribution < -0.4 is 5.32 Å². The van der Waals surface area contributed by atoms with E-state index in [1.165, 1.54) is 84.1 Å². The lowest BCUT2D eigenvalue weighted by atomic mass is 9.78. The minimum atomic E-state index is 0.755. The molecule has 2 saturated heterocycles. The maximum absolute atomic E-state index is 3.48. The van der Waals surface area contributed by atoms with E-state index in [2.05, 4.69) is 10.2 Å². The highest BCUT2D eigenvalue weighted by Gasteiger charge is 2.38. The van der Waals surface area contributed by atoms with Gasteiger partial charge in [0.25, 0.3) is 0 Å². The summed E-state index contributed by atoms with van der Waals surface area (Å²) in [5, 5.41) is 3.48. The van der Waals surface area contributed by atoms with Crippen LogP contribution in [0.1, 0.15) is 51.4 Å². The first-order valence-corrected chi connectivity index (χ1v) is 7.79. The van der Waals surface area contributed by atoms with Gasteiger partial charge in [0.05, 0.1) is 0 Å². The highest BCUT2D eigenvalue weighted by atomic mass is 15.1. The van der Waals surface area contributed by atoms with E-state index >= 15 is 0 Å². The first-order valence-electron chi connectivity index (χ1n) is 7.79. The van der Waals surface area contributed by atoms with Crippen LogP contribution in [-0.2, 0) is 0 Å². The molecule has 0 radical (unpaired) electrons. The lowest BCUT2D eigenvalue weighted by molar-refractivity contribution is 0.0752. The van der Waals surface area contributed by atoms with Crippen molar-refractivity contribution in [3.63, 3.8) is 0 Å². The third kappa shape index (κ3) is 2.85. The van der Waals surface area contributed by atoms with Gasteiger partial charge >= 0.3 is 0 Å². The second kappa shape index (κ2) is 5.27. The predicted molar refractivity (Wildman–Crippen MR) is 72.2 cm³/mol. The van der Waals surface area contributed by atoms with E-state index in [9.17, 15) is 0 Å². The fourth-order valence-corrected chi connectivity index (χ4v) is 4.43. The Balaban J connectivity index is 1.52. The molecular weight excluding hydrogens is 208 g/mol. The summed E-state index contributed by atoms with van der Waals surface area (Å²) in [5.74, 6) is 0.979. The summed E-state index contributed by atoms with van der Waals surface area (Å²) in [6.07, 6.45) is 11.8. The number of rotatable bonds is 2. The third-order valence-corrected chi connectivity index (χ3v) is 5.38. The van der Waals surface area contributed by atoms with Crippen LogP contribution in [0.15, 0.2) is 0 Å². The molecule has 0 bridgehead atoms. The fourth-order valence-electron chi connectivity index (χ4n) is 4.43. The van der Waals surface area contributed by atoms with E-state index in [-0.39, 0.29) is 0 Å². The smallest absolute Gasteiger partial charge is 0.00381 e. The summed E-state index contributed by atoms with van der Waals surface area (Å²) in [5.41, 5.74) is 0.755. The summed E-state index contributed by atoms with van der Waals surface area (Å²) >= 11 is 0. The molecule has 0 amide bonds. The summed E-state index contributed by atoms with van der Waals surface area (Å²) in [6, 6.07) is 0. The van der Waals surface area contributed by atoms with Crippen LogP contribution in [-0.4, -0.2) is 37.6 Å². The zero-order valence-corrected chi connectivity index (χ0v) is 11.2. The van der Waals surface area contributed by atoms with Crippen LogP contribution in [0.3, 0.4) is 0 Å². The zero-order chi connectivity index (χ0) is 11.6. The molecule has 3 fully saturated rings. The minimum Gasteiger partial charge on any atom is -0.317 e. The summed E-state index contributed by atoms with van der Waals surface area (Å²) < 4.78 is 0. The quantitative estimate of drug-likeness (QED) is 0.793. The summed E-state index contributed by atoms with van der Waals surface area (Å²) in [4.78, 5) is 2.81. The molecule has 0 aromatic rings. The van der Waals surface area contributed by atoms with Crippen LogP contribution in [0.5, 0.6) is 0 Å². The van der Waals surface area contributed by atoms with E-state index in [0.717, 1.165) is 11.3 Å². The van der Waals surface area contributed by atoms with Crippen molar-refractivity contribution in [2.24, 2.45) is 11.3 Å². The van der Waals surface area contributed by atoms with Crippen molar-refractivity contribution >= 4 is 0 Å². The molecule has 98 valence electrons. The van der Waals surface area contributed by atoms with Crippen molar-refractivity contribution < 1.29 is 0 Å². The molecule has 2 heteroatoms. The Hall–Kier alpha value is -0.0800. The van der Waals surface area contributed by atoms with Crippen LogP contribution in [0.25, 0.3) is 0 Å². The van der Waals surface area contributed by atoms with Gasteiger partial charge in [-0.2, -0.15) is 0 Å². The Morgan fingerprint density at radius 1 is 1.00 bits per heavy atom. The molecule has 2 heterocycles. The molecule has 0 aromatic carbocycles. The molecule has 1 N–H and O–H groups in total. The van der Waals surface area contributed by atoms with Crippen molar-refractivity contribution in [2.45, 2.75) is 51.4 Å². The van der Waals surface area contributed by atoms with Gasteiger partial charge in [-0.05, 0) is 69.5 Å². The van der Waals surface area contributed by atoms with E-state index in [1.54, 1.807) is 0 Å². The molecule has 0 aromatic heterocycles. The van der Waals surface area contributed by atoms with Gasteiger partial charge in [0.15, 0.2) is 0 Å². The highest BCUT2D eigenvalue weighted by molar-refractivity contribution is 4.91. The number of nitrogens with one attached hydrogen (secondary N) is 1. The Bertz CT molecular complexity index is 239. The molecule has 2 aliphatic heterocycles. The minimum absolute atomic E-state index is 0.755. The lowest BCUT2D eigenvalue weighted by Crippen LogP contribution is -2.45. The van der Waals surface area contributed by atoms with E-state index in [4.69, 9.17) is 0 Å². The Morgan fingerprint density at radius 3 is 2.47 bits per heavy atom. The largest absolute Gasteiger partial charge is 0.317 e. The molecule has 1 saturated carbocycles. The molecule has 17 heavy (non-hydrogen) atoms. The molecule has 0 unspecified atom stereocenters. The SMILES string of the molecule is C1CCC2(C1)CCCN(CC1CCNCC1)C2. The van der Waals surface area contributed by atoms with Gasteiger partial charge in [-0.3, -0.25) is 0 Å². The molecule has 0 atom stereocenters. The van der Waals surface area contributed by atoms with Gasteiger partial charge in [0.1, 0.15) is 0 Å². The van der Waals surface area contributed by atoms with Crippen molar-refractivity contribution in [1.82, 2.24) is 10.2 Å². The molecule has 2 nitrogen and oxygen atoms in total. The van der Waals surface area contributed by atoms with E-state index in [0.29, 0.717) is 0 Å². The van der Waals surface area contributed by atoms with E-state index < -0.39 is 0 Å². The van der Waals surface area contributed by atoms with Gasteiger partial charge < -0.3 is 10.2 Å². The number of piperidine rings is 2. The standard InChI is InChI=1S/C15H28N2/c1-2-7-15(6-1)8-3-11-17(13-15)12-14-4-9-16-10-5-14/h14,16H,1-13H2. The number of likely N-dealkylation sites (tertiary alicyclic amines) is 1. The van der Waals surface area contributed by atoms with Gasteiger partial charge in [0, 0.05) is 13.1 Å². The van der Waals surface area contributed by atoms with Gasteiger partial charge in [0.2, 0.25) is 0 Å². The van der Waals surface area contributed by atoms with Crippen molar-refractivity contribution in [1.29, 1.82) is 0 Å². The number of hydrogen-bond donors (Lipinski definition) is 1. The normalized spacial score (nSPS) is 31.1. The van der Waals surface area contributed by atoms with Crippen molar-refractivity contribution in [2.75, 3.05) is 32.7 Å². The maximum atomic E-state index is 3.48. The highest BCUT2D eigenvalue weighted by Crippen LogP contribution is 2.44. The molecular formula is C15H28N2. The predicted octanol–water partition coefficient (Wildman–Crippen LogP) is 2.64. The van der Waals surface area contributed by atoms with Gasteiger partial charge in [-0.15, -0.1) is 0 Å².